The summed E-state index contributed by atoms with van der Waals surface area (Å²) in [7, 11) is 0. The number of likely N-dealkylation sites (tertiary alicyclic amines) is 1. The second-order valence-electron chi connectivity index (χ2n) is 8.79. The first kappa shape index (κ1) is 29.7. The molecule has 0 bridgehead atoms. The zero-order valence-electron chi connectivity index (χ0n) is 20.3. The maximum atomic E-state index is 12.4. The molecule has 1 fully saturated rings. The summed E-state index contributed by atoms with van der Waals surface area (Å²) in [5.74, 6) is 1.38. The molecule has 0 aliphatic carbocycles. The Bertz CT molecular complexity index is 558. The molecule has 0 radical (unpaired) electrons. The normalized spacial score (nSPS) is 15.2. The molecule has 1 rings (SSSR count). The largest absolute Gasteiger partial charge is 0.444 e. The molecular formula is C22H44IN5O3. The van der Waals surface area contributed by atoms with E-state index in [-0.39, 0.29) is 36.0 Å². The molecule has 0 aromatic carbocycles. The Morgan fingerprint density at radius 1 is 1.13 bits per heavy atom. The molecule has 9 heteroatoms. The highest BCUT2D eigenvalue weighted by Gasteiger charge is 2.27. The van der Waals surface area contributed by atoms with Crippen LogP contribution in [-0.2, 0) is 9.53 Å². The van der Waals surface area contributed by atoms with Crippen molar-refractivity contribution in [3.05, 3.63) is 0 Å². The van der Waals surface area contributed by atoms with E-state index in [9.17, 15) is 9.59 Å². The molecule has 8 nitrogen and oxygen atoms in total. The summed E-state index contributed by atoms with van der Waals surface area (Å²) in [4.78, 5) is 32.9. The van der Waals surface area contributed by atoms with E-state index in [0.29, 0.717) is 32.0 Å². The molecule has 31 heavy (non-hydrogen) atoms. The summed E-state index contributed by atoms with van der Waals surface area (Å²) in [5.41, 5.74) is -0.474. The van der Waals surface area contributed by atoms with Crippen molar-refractivity contribution in [3.63, 3.8) is 0 Å². The molecule has 0 atom stereocenters. The summed E-state index contributed by atoms with van der Waals surface area (Å²) in [6, 6.07) is 0. The average Bonchev–Trinajstić information content (AvgIpc) is 2.69. The van der Waals surface area contributed by atoms with E-state index in [0.717, 1.165) is 51.4 Å². The van der Waals surface area contributed by atoms with Crippen LogP contribution in [-0.4, -0.2) is 79.2 Å². The summed E-state index contributed by atoms with van der Waals surface area (Å²) in [6.45, 7) is 16.9. The van der Waals surface area contributed by atoms with Gasteiger partial charge in [0.1, 0.15) is 5.60 Å². The molecule has 2 N–H and O–H groups in total. The number of guanidine groups is 1. The van der Waals surface area contributed by atoms with E-state index in [2.05, 4.69) is 27.4 Å². The minimum Gasteiger partial charge on any atom is -0.444 e. The number of nitrogens with zero attached hydrogens (tertiary/aromatic N) is 3. The van der Waals surface area contributed by atoms with Crippen LogP contribution in [0.15, 0.2) is 4.99 Å². The SMILES string of the molecule is CCCNC(=O)CCN=C(NCC)N1CCC(CN(CC)C(=O)OC(C)(C)C)CC1.I. The summed E-state index contributed by atoms with van der Waals surface area (Å²) in [5, 5.41) is 6.23. The van der Waals surface area contributed by atoms with E-state index < -0.39 is 5.60 Å². The topological polar surface area (TPSA) is 86.3 Å². The number of ether oxygens (including phenoxy) is 1. The van der Waals surface area contributed by atoms with Crippen molar-refractivity contribution < 1.29 is 14.3 Å². The standard InChI is InChI=1S/C22H43N5O3.HI/c1-7-13-24-19(28)10-14-25-20(23-8-2)27-15-11-18(12-16-27)17-26(9-3)21(29)30-22(4,5)6;/h18H,7-17H2,1-6H3,(H,23,25)(H,24,28);1H. The van der Waals surface area contributed by atoms with Crippen LogP contribution in [0.5, 0.6) is 0 Å². The number of amides is 2. The first-order valence-electron chi connectivity index (χ1n) is 11.5. The van der Waals surface area contributed by atoms with E-state index in [1.165, 1.54) is 0 Å². The molecule has 1 aliphatic heterocycles. The fourth-order valence-corrected chi connectivity index (χ4v) is 3.34. The van der Waals surface area contributed by atoms with Gasteiger partial charge in [0.15, 0.2) is 5.96 Å². The van der Waals surface area contributed by atoms with Gasteiger partial charge in [-0.1, -0.05) is 6.92 Å². The monoisotopic (exact) mass is 553 g/mol. The number of halogens is 1. The number of aliphatic imine (C=N–C) groups is 1. The summed E-state index contributed by atoms with van der Waals surface area (Å²) >= 11 is 0. The Labute approximate surface area is 205 Å². The highest BCUT2D eigenvalue weighted by Crippen LogP contribution is 2.20. The van der Waals surface area contributed by atoms with Crippen molar-refractivity contribution in [2.24, 2.45) is 10.9 Å². The van der Waals surface area contributed by atoms with Crippen LogP contribution in [0, 0.1) is 5.92 Å². The predicted molar refractivity (Wildman–Crippen MR) is 137 cm³/mol. The lowest BCUT2D eigenvalue weighted by atomic mass is 9.96. The number of hydrogen-bond donors (Lipinski definition) is 2. The van der Waals surface area contributed by atoms with Gasteiger partial charge in [-0.15, -0.1) is 24.0 Å². The minimum atomic E-state index is -0.474. The van der Waals surface area contributed by atoms with Gasteiger partial charge in [0.05, 0.1) is 6.54 Å². The van der Waals surface area contributed by atoms with Gasteiger partial charge >= 0.3 is 6.09 Å². The number of rotatable bonds is 9. The molecule has 0 unspecified atom stereocenters. The van der Waals surface area contributed by atoms with Gasteiger partial charge in [-0.05, 0) is 59.8 Å². The van der Waals surface area contributed by atoms with Crippen LogP contribution >= 0.6 is 24.0 Å². The molecule has 0 spiro atoms. The molecule has 0 aromatic rings. The molecule has 182 valence electrons. The van der Waals surface area contributed by atoms with E-state index in [1.54, 1.807) is 4.90 Å². The smallest absolute Gasteiger partial charge is 0.410 e. The minimum absolute atomic E-state index is 0. The van der Waals surface area contributed by atoms with Crippen LogP contribution in [0.3, 0.4) is 0 Å². The van der Waals surface area contributed by atoms with Crippen molar-refractivity contribution in [1.29, 1.82) is 0 Å². The van der Waals surface area contributed by atoms with Crippen LogP contribution in [0.25, 0.3) is 0 Å². The van der Waals surface area contributed by atoms with Gasteiger partial charge < -0.3 is 25.2 Å². The predicted octanol–water partition coefficient (Wildman–Crippen LogP) is 3.46. The van der Waals surface area contributed by atoms with E-state index in [1.807, 2.05) is 34.6 Å². The highest BCUT2D eigenvalue weighted by molar-refractivity contribution is 14.0. The highest BCUT2D eigenvalue weighted by atomic mass is 127. The lowest BCUT2D eigenvalue weighted by Gasteiger charge is -2.36. The Morgan fingerprint density at radius 2 is 1.77 bits per heavy atom. The molecule has 2 amide bonds. The van der Waals surface area contributed by atoms with Gasteiger partial charge in [0.2, 0.25) is 5.91 Å². The molecule has 1 saturated heterocycles. The van der Waals surface area contributed by atoms with Crippen LogP contribution in [0.2, 0.25) is 0 Å². The average molecular weight is 554 g/mol. The van der Waals surface area contributed by atoms with Gasteiger partial charge in [0, 0.05) is 45.7 Å². The summed E-state index contributed by atoms with van der Waals surface area (Å²) in [6.07, 6.45) is 3.12. The lowest BCUT2D eigenvalue weighted by Crippen LogP contribution is -2.48. The second-order valence-corrected chi connectivity index (χ2v) is 8.79. The number of hydrogen-bond acceptors (Lipinski definition) is 4. The first-order chi connectivity index (χ1) is 14.2. The van der Waals surface area contributed by atoms with Gasteiger partial charge in [0.25, 0.3) is 0 Å². The fourth-order valence-electron chi connectivity index (χ4n) is 3.34. The second kappa shape index (κ2) is 15.5. The molecule has 0 aromatic heterocycles. The Hall–Kier alpha value is -1.26. The zero-order chi connectivity index (χ0) is 22.6. The Balaban J connectivity index is 0.00000900. The lowest BCUT2D eigenvalue weighted by molar-refractivity contribution is -0.120. The van der Waals surface area contributed by atoms with Crippen LogP contribution in [0.1, 0.15) is 67.2 Å². The third kappa shape index (κ3) is 12.4. The molecule has 1 heterocycles. The van der Waals surface area contributed by atoms with Crippen LogP contribution in [0.4, 0.5) is 4.79 Å². The number of nitrogens with one attached hydrogen (secondary N) is 2. The third-order valence-corrected chi connectivity index (χ3v) is 4.93. The molecule has 0 saturated carbocycles. The Morgan fingerprint density at radius 3 is 2.29 bits per heavy atom. The number of piperidine rings is 1. The van der Waals surface area contributed by atoms with Gasteiger partial charge in [-0.3, -0.25) is 9.79 Å². The molecule has 1 aliphatic rings. The van der Waals surface area contributed by atoms with Gasteiger partial charge in [-0.25, -0.2) is 4.79 Å². The van der Waals surface area contributed by atoms with Crippen molar-refractivity contribution in [1.82, 2.24) is 20.4 Å². The quantitative estimate of drug-likeness (QED) is 0.260. The van der Waals surface area contributed by atoms with E-state index in [4.69, 9.17) is 4.74 Å². The van der Waals surface area contributed by atoms with Crippen molar-refractivity contribution in [2.45, 2.75) is 72.8 Å². The van der Waals surface area contributed by atoms with Crippen molar-refractivity contribution in [2.75, 3.05) is 45.8 Å². The number of carbonyl (C=O) groups excluding carboxylic acids is 2. The number of carbonyl (C=O) groups is 2. The zero-order valence-corrected chi connectivity index (χ0v) is 22.7. The van der Waals surface area contributed by atoms with E-state index >= 15 is 0 Å². The maximum absolute atomic E-state index is 12.4. The summed E-state index contributed by atoms with van der Waals surface area (Å²) < 4.78 is 5.53. The third-order valence-electron chi connectivity index (χ3n) is 4.93. The maximum Gasteiger partial charge on any atom is 0.410 e. The van der Waals surface area contributed by atoms with Crippen molar-refractivity contribution in [3.8, 4) is 0 Å². The van der Waals surface area contributed by atoms with Crippen LogP contribution < -0.4 is 10.6 Å². The molecular weight excluding hydrogens is 509 g/mol. The van der Waals surface area contributed by atoms with Gasteiger partial charge in [-0.2, -0.15) is 0 Å². The first-order valence-corrected chi connectivity index (χ1v) is 11.5. The Kier molecular flexibility index (Phi) is 14.9. The van der Waals surface area contributed by atoms with Crippen molar-refractivity contribution >= 4 is 41.9 Å². The fraction of sp³-hybridized carbons (Fsp3) is 0.864.